The number of thioether (sulfide) groups is 1. The number of aromatic nitrogens is 2. The van der Waals surface area contributed by atoms with Crippen molar-refractivity contribution in [1.29, 1.82) is 0 Å². The SMILES string of the molecule is CCN(C(=O)CSc1nnc(Nc2ccc(C)cc2)s1)c1ccccc1. The van der Waals surface area contributed by atoms with Crippen LogP contribution in [0.25, 0.3) is 0 Å². The predicted molar refractivity (Wildman–Crippen MR) is 110 cm³/mol. The largest absolute Gasteiger partial charge is 0.330 e. The summed E-state index contributed by atoms with van der Waals surface area (Å²) in [4.78, 5) is 14.3. The molecule has 7 heteroatoms. The molecule has 0 radical (unpaired) electrons. The highest BCUT2D eigenvalue weighted by Crippen LogP contribution is 2.28. The molecule has 0 unspecified atom stereocenters. The molecule has 0 spiro atoms. The van der Waals surface area contributed by atoms with Gasteiger partial charge >= 0.3 is 0 Å². The zero-order valence-electron chi connectivity index (χ0n) is 14.7. The molecule has 5 nitrogen and oxygen atoms in total. The Bertz CT molecular complexity index is 849. The van der Waals surface area contributed by atoms with Crippen molar-refractivity contribution in [3.8, 4) is 0 Å². The van der Waals surface area contributed by atoms with Gasteiger partial charge in [0.2, 0.25) is 11.0 Å². The first-order valence-corrected chi connectivity index (χ1v) is 10.1. The lowest BCUT2D eigenvalue weighted by Crippen LogP contribution is -2.32. The van der Waals surface area contributed by atoms with E-state index in [0.29, 0.717) is 12.3 Å². The minimum absolute atomic E-state index is 0.0620. The minimum Gasteiger partial charge on any atom is -0.330 e. The summed E-state index contributed by atoms with van der Waals surface area (Å²) in [5, 5.41) is 12.3. The number of para-hydroxylation sites is 1. The van der Waals surface area contributed by atoms with E-state index < -0.39 is 0 Å². The number of nitrogens with zero attached hydrogens (tertiary/aromatic N) is 3. The molecule has 0 aliphatic heterocycles. The van der Waals surface area contributed by atoms with Gasteiger partial charge in [-0.2, -0.15) is 0 Å². The lowest BCUT2D eigenvalue weighted by atomic mass is 10.2. The molecule has 0 bridgehead atoms. The Balaban J connectivity index is 1.57. The highest BCUT2D eigenvalue weighted by Gasteiger charge is 2.15. The van der Waals surface area contributed by atoms with Crippen LogP contribution in [0.5, 0.6) is 0 Å². The van der Waals surface area contributed by atoms with E-state index in [1.54, 1.807) is 4.90 Å². The fraction of sp³-hybridized carbons (Fsp3) is 0.211. The number of aryl methyl sites for hydroxylation is 1. The van der Waals surface area contributed by atoms with E-state index in [4.69, 9.17) is 0 Å². The molecule has 2 aromatic carbocycles. The van der Waals surface area contributed by atoms with Gasteiger partial charge in [-0.15, -0.1) is 10.2 Å². The maximum atomic E-state index is 12.5. The van der Waals surface area contributed by atoms with Crippen LogP contribution in [0, 0.1) is 6.92 Å². The average Bonchev–Trinajstić information content (AvgIpc) is 3.11. The second kappa shape index (κ2) is 8.82. The van der Waals surface area contributed by atoms with Gasteiger partial charge in [0.15, 0.2) is 4.34 Å². The standard InChI is InChI=1S/C19H20N4OS2/c1-3-23(16-7-5-4-6-8-16)17(24)13-25-19-22-21-18(26-19)20-15-11-9-14(2)10-12-15/h4-12H,3,13H2,1-2H3,(H,20,21). The molecule has 0 saturated carbocycles. The molecular weight excluding hydrogens is 364 g/mol. The van der Waals surface area contributed by atoms with Crippen molar-refractivity contribution in [2.24, 2.45) is 0 Å². The van der Waals surface area contributed by atoms with Crippen molar-refractivity contribution in [3.05, 3.63) is 60.2 Å². The Labute approximate surface area is 161 Å². The number of amides is 1. The van der Waals surface area contributed by atoms with Crippen LogP contribution in [0.2, 0.25) is 0 Å². The van der Waals surface area contributed by atoms with Gasteiger partial charge in [0.1, 0.15) is 0 Å². The van der Waals surface area contributed by atoms with Crippen molar-refractivity contribution >= 4 is 45.5 Å². The molecule has 0 saturated heterocycles. The maximum Gasteiger partial charge on any atom is 0.237 e. The highest BCUT2D eigenvalue weighted by atomic mass is 32.2. The molecule has 1 aromatic heterocycles. The van der Waals surface area contributed by atoms with Gasteiger partial charge in [-0.1, -0.05) is 59.0 Å². The third kappa shape index (κ3) is 4.83. The Morgan fingerprint density at radius 1 is 1.12 bits per heavy atom. The van der Waals surface area contributed by atoms with Crippen molar-refractivity contribution < 1.29 is 4.79 Å². The van der Waals surface area contributed by atoms with Gasteiger partial charge in [0.25, 0.3) is 0 Å². The number of hydrogen-bond acceptors (Lipinski definition) is 6. The summed E-state index contributed by atoms with van der Waals surface area (Å²) in [6.07, 6.45) is 0. The number of nitrogens with one attached hydrogen (secondary N) is 1. The van der Waals surface area contributed by atoms with Crippen molar-refractivity contribution in [1.82, 2.24) is 10.2 Å². The van der Waals surface area contributed by atoms with Gasteiger partial charge in [-0.05, 0) is 38.1 Å². The second-order valence-corrected chi connectivity index (χ2v) is 7.83. The van der Waals surface area contributed by atoms with Gasteiger partial charge in [-0.3, -0.25) is 4.79 Å². The Kier molecular flexibility index (Phi) is 6.25. The fourth-order valence-corrected chi connectivity index (χ4v) is 4.04. The summed E-state index contributed by atoms with van der Waals surface area (Å²) in [5.74, 6) is 0.397. The summed E-state index contributed by atoms with van der Waals surface area (Å²) in [7, 11) is 0. The molecule has 26 heavy (non-hydrogen) atoms. The average molecular weight is 385 g/mol. The molecule has 3 aromatic rings. The third-order valence-corrected chi connectivity index (χ3v) is 5.67. The highest BCUT2D eigenvalue weighted by molar-refractivity contribution is 8.01. The Hall–Kier alpha value is -2.38. The molecule has 0 aliphatic carbocycles. The zero-order valence-corrected chi connectivity index (χ0v) is 16.3. The molecule has 1 amide bonds. The molecule has 1 N–H and O–H groups in total. The lowest BCUT2D eigenvalue weighted by Gasteiger charge is -2.20. The number of benzene rings is 2. The second-order valence-electron chi connectivity index (χ2n) is 5.63. The number of anilines is 3. The van der Waals surface area contributed by atoms with Crippen LogP contribution in [0.4, 0.5) is 16.5 Å². The molecule has 3 rings (SSSR count). The van der Waals surface area contributed by atoms with Crippen molar-refractivity contribution in [2.75, 3.05) is 22.5 Å². The topological polar surface area (TPSA) is 58.1 Å². The third-order valence-electron chi connectivity index (χ3n) is 3.71. The Morgan fingerprint density at radius 3 is 2.54 bits per heavy atom. The molecular formula is C19H20N4OS2. The molecule has 0 aliphatic rings. The summed E-state index contributed by atoms with van der Waals surface area (Å²) in [5.41, 5.74) is 3.10. The normalized spacial score (nSPS) is 10.5. The van der Waals surface area contributed by atoms with Crippen LogP contribution < -0.4 is 10.2 Å². The number of carbonyl (C=O) groups is 1. The van der Waals surface area contributed by atoms with Crippen LogP contribution in [0.3, 0.4) is 0 Å². The summed E-state index contributed by atoms with van der Waals surface area (Å²) in [6, 6.07) is 17.8. The smallest absolute Gasteiger partial charge is 0.237 e. The molecule has 0 atom stereocenters. The van der Waals surface area contributed by atoms with E-state index in [9.17, 15) is 4.79 Å². The van der Waals surface area contributed by atoms with Crippen LogP contribution in [0.1, 0.15) is 12.5 Å². The molecule has 0 fully saturated rings. The van der Waals surface area contributed by atoms with E-state index in [1.165, 1.54) is 28.7 Å². The van der Waals surface area contributed by atoms with Crippen LogP contribution >= 0.6 is 23.1 Å². The monoisotopic (exact) mass is 384 g/mol. The maximum absolute atomic E-state index is 12.5. The van der Waals surface area contributed by atoms with Crippen molar-refractivity contribution in [3.63, 3.8) is 0 Å². The van der Waals surface area contributed by atoms with E-state index in [-0.39, 0.29) is 5.91 Å². The van der Waals surface area contributed by atoms with Crippen LogP contribution in [-0.4, -0.2) is 28.4 Å². The first-order valence-electron chi connectivity index (χ1n) is 8.31. The Morgan fingerprint density at radius 2 is 1.85 bits per heavy atom. The van der Waals surface area contributed by atoms with E-state index >= 15 is 0 Å². The van der Waals surface area contributed by atoms with Gasteiger partial charge in [0, 0.05) is 17.9 Å². The van der Waals surface area contributed by atoms with E-state index in [2.05, 4.69) is 22.4 Å². The first kappa shape index (κ1) is 18.4. The van der Waals surface area contributed by atoms with Gasteiger partial charge < -0.3 is 10.2 Å². The van der Waals surface area contributed by atoms with E-state index in [1.807, 2.05) is 61.5 Å². The summed E-state index contributed by atoms with van der Waals surface area (Å²) >= 11 is 2.86. The van der Waals surface area contributed by atoms with Crippen molar-refractivity contribution in [2.45, 2.75) is 18.2 Å². The predicted octanol–water partition coefficient (Wildman–Crippen LogP) is 4.74. The quantitative estimate of drug-likeness (QED) is 0.597. The van der Waals surface area contributed by atoms with E-state index in [0.717, 1.165) is 20.8 Å². The van der Waals surface area contributed by atoms with Gasteiger partial charge in [-0.25, -0.2) is 0 Å². The summed E-state index contributed by atoms with van der Waals surface area (Å²) < 4.78 is 0.775. The number of hydrogen-bond donors (Lipinski definition) is 1. The molecule has 1 heterocycles. The van der Waals surface area contributed by atoms with Gasteiger partial charge in [0.05, 0.1) is 5.75 Å². The van der Waals surface area contributed by atoms with Crippen LogP contribution in [-0.2, 0) is 4.79 Å². The number of carbonyl (C=O) groups excluding carboxylic acids is 1. The molecule has 134 valence electrons. The lowest BCUT2D eigenvalue weighted by molar-refractivity contribution is -0.116. The zero-order chi connectivity index (χ0) is 18.4. The van der Waals surface area contributed by atoms with Crippen LogP contribution in [0.15, 0.2) is 58.9 Å². The fourth-order valence-electron chi connectivity index (χ4n) is 2.39. The minimum atomic E-state index is 0.0620. The summed E-state index contributed by atoms with van der Waals surface area (Å²) in [6.45, 7) is 4.67. The first-order chi connectivity index (χ1) is 12.7. The number of rotatable bonds is 7.